The van der Waals surface area contributed by atoms with Gasteiger partial charge in [-0.05, 0) is 13.8 Å². The fraction of sp³-hybridized carbons (Fsp3) is 0.500. The largest absolute Gasteiger partial charge is 0.465 e. The quantitative estimate of drug-likeness (QED) is 0.595. The first-order valence-electron chi connectivity index (χ1n) is 5.61. The fourth-order valence-corrected chi connectivity index (χ4v) is 1.65. The van der Waals surface area contributed by atoms with Crippen molar-refractivity contribution < 1.29 is 9.53 Å². The summed E-state index contributed by atoms with van der Waals surface area (Å²) in [6.07, 6.45) is 3.53. The molecule has 1 N–H and O–H groups in total. The number of carbonyl (C=O) groups excluding carboxylic acids is 1. The average Bonchev–Trinajstić information content (AvgIpc) is 2.59. The third kappa shape index (κ3) is 3.42. The zero-order valence-electron chi connectivity index (χ0n) is 10.6. The predicted octanol–water partition coefficient (Wildman–Crippen LogP) is 1.11. The molecule has 1 atom stereocenters. The summed E-state index contributed by atoms with van der Waals surface area (Å²) in [5.74, 6) is -0.287. The molecule has 0 fully saturated rings. The van der Waals surface area contributed by atoms with E-state index < -0.39 is 6.04 Å². The van der Waals surface area contributed by atoms with Gasteiger partial charge in [0.2, 0.25) is 0 Å². The first-order valence-corrected chi connectivity index (χ1v) is 5.61. The van der Waals surface area contributed by atoms with Crippen LogP contribution in [0, 0.1) is 6.92 Å². The lowest BCUT2D eigenvalue weighted by Crippen LogP contribution is -2.30. The van der Waals surface area contributed by atoms with Gasteiger partial charge in [-0.15, -0.1) is 6.58 Å². The normalized spacial score (nSPS) is 12.2. The number of esters is 1. The molecule has 0 bridgehead atoms. The lowest BCUT2D eigenvalue weighted by atomic mass is 10.1. The Bertz CT molecular complexity index is 398. The number of rotatable bonds is 6. The second kappa shape index (κ2) is 6.20. The summed E-state index contributed by atoms with van der Waals surface area (Å²) in [5.41, 5.74) is 1.66. The maximum atomic E-state index is 11.9. The summed E-state index contributed by atoms with van der Waals surface area (Å²) in [7, 11) is 1.83. The molecule has 5 nitrogen and oxygen atoms in total. The first-order chi connectivity index (χ1) is 8.10. The molecule has 17 heavy (non-hydrogen) atoms. The maximum Gasteiger partial charge on any atom is 0.327 e. The summed E-state index contributed by atoms with van der Waals surface area (Å²) in [6, 6.07) is -0.485. The number of ether oxygens (including phenoxy) is 1. The van der Waals surface area contributed by atoms with Gasteiger partial charge in [0.05, 0.1) is 12.3 Å². The Hall–Kier alpha value is -1.62. The molecule has 0 aromatic carbocycles. The Morgan fingerprint density at radius 1 is 1.76 bits per heavy atom. The zero-order chi connectivity index (χ0) is 12.8. The number of hydrogen-bond donors (Lipinski definition) is 1. The van der Waals surface area contributed by atoms with Gasteiger partial charge in [-0.3, -0.25) is 10.00 Å². The van der Waals surface area contributed by atoms with E-state index in [2.05, 4.69) is 17.0 Å². The Labute approximate surface area is 101 Å². The Balaban J connectivity index is 2.92. The van der Waals surface area contributed by atoms with Crippen LogP contribution in [0.1, 0.15) is 24.2 Å². The van der Waals surface area contributed by atoms with E-state index in [0.717, 1.165) is 11.3 Å². The van der Waals surface area contributed by atoms with Crippen LogP contribution in [-0.2, 0) is 16.6 Å². The highest BCUT2D eigenvalue weighted by Crippen LogP contribution is 2.17. The van der Waals surface area contributed by atoms with Gasteiger partial charge in [0.1, 0.15) is 6.04 Å². The van der Waals surface area contributed by atoms with Crippen molar-refractivity contribution in [2.24, 2.45) is 7.05 Å². The van der Waals surface area contributed by atoms with Crippen molar-refractivity contribution in [1.82, 2.24) is 15.1 Å². The second-order valence-corrected chi connectivity index (χ2v) is 3.73. The third-order valence-electron chi connectivity index (χ3n) is 2.35. The molecular formula is C12H19N3O2. The molecule has 0 spiro atoms. The van der Waals surface area contributed by atoms with Gasteiger partial charge in [0.15, 0.2) is 0 Å². The second-order valence-electron chi connectivity index (χ2n) is 3.73. The van der Waals surface area contributed by atoms with Crippen LogP contribution in [0.4, 0.5) is 0 Å². The number of aryl methyl sites for hydroxylation is 2. The Kier molecular flexibility index (Phi) is 4.90. The molecule has 0 radical (unpaired) electrons. The van der Waals surface area contributed by atoms with Crippen molar-refractivity contribution in [3.63, 3.8) is 0 Å². The molecule has 1 heterocycles. The minimum absolute atomic E-state index is 0.287. The topological polar surface area (TPSA) is 56.1 Å². The predicted molar refractivity (Wildman–Crippen MR) is 65.5 cm³/mol. The maximum absolute atomic E-state index is 11.9. The summed E-state index contributed by atoms with van der Waals surface area (Å²) < 4.78 is 6.73. The monoisotopic (exact) mass is 237 g/mol. The van der Waals surface area contributed by atoms with Crippen molar-refractivity contribution >= 4 is 5.97 Å². The SMILES string of the molecule is C=CCNC(C(=O)OCC)c1cn(C)nc1C. The van der Waals surface area contributed by atoms with Gasteiger partial charge in [0, 0.05) is 25.4 Å². The Morgan fingerprint density at radius 3 is 2.94 bits per heavy atom. The molecule has 0 aliphatic heterocycles. The van der Waals surface area contributed by atoms with Crippen LogP contribution in [0.25, 0.3) is 0 Å². The number of nitrogens with zero attached hydrogens (tertiary/aromatic N) is 2. The van der Waals surface area contributed by atoms with Crippen molar-refractivity contribution in [3.05, 3.63) is 30.1 Å². The standard InChI is InChI=1S/C12H19N3O2/c1-5-7-13-11(12(16)17-6-2)10-8-15(4)14-9(10)3/h5,8,11,13H,1,6-7H2,2-4H3. The van der Waals surface area contributed by atoms with E-state index in [-0.39, 0.29) is 5.97 Å². The third-order valence-corrected chi connectivity index (χ3v) is 2.35. The highest BCUT2D eigenvalue weighted by molar-refractivity contribution is 5.77. The molecule has 1 aromatic rings. The van der Waals surface area contributed by atoms with E-state index >= 15 is 0 Å². The van der Waals surface area contributed by atoms with Crippen LogP contribution in [0.2, 0.25) is 0 Å². The molecule has 1 unspecified atom stereocenters. The zero-order valence-corrected chi connectivity index (χ0v) is 10.6. The minimum Gasteiger partial charge on any atom is -0.465 e. The number of nitrogens with one attached hydrogen (secondary N) is 1. The summed E-state index contributed by atoms with van der Waals surface area (Å²) in [6.45, 7) is 8.19. The van der Waals surface area contributed by atoms with Gasteiger partial charge in [-0.2, -0.15) is 5.10 Å². The highest BCUT2D eigenvalue weighted by Gasteiger charge is 2.24. The highest BCUT2D eigenvalue weighted by atomic mass is 16.5. The van der Waals surface area contributed by atoms with Crippen LogP contribution >= 0.6 is 0 Å². The summed E-state index contributed by atoms with van der Waals surface area (Å²) >= 11 is 0. The van der Waals surface area contributed by atoms with E-state index in [9.17, 15) is 4.79 Å². The molecule has 0 amide bonds. The van der Waals surface area contributed by atoms with Gasteiger partial charge in [-0.1, -0.05) is 6.08 Å². The van der Waals surface area contributed by atoms with Crippen molar-refractivity contribution in [1.29, 1.82) is 0 Å². The lowest BCUT2D eigenvalue weighted by Gasteiger charge is -2.15. The van der Waals surface area contributed by atoms with E-state index in [4.69, 9.17) is 4.74 Å². The summed E-state index contributed by atoms with van der Waals surface area (Å²) in [4.78, 5) is 11.9. The van der Waals surface area contributed by atoms with E-state index in [0.29, 0.717) is 13.2 Å². The molecule has 0 saturated carbocycles. The van der Waals surface area contributed by atoms with Crippen molar-refractivity contribution in [3.8, 4) is 0 Å². The molecule has 0 saturated heterocycles. The van der Waals surface area contributed by atoms with Gasteiger partial charge < -0.3 is 4.74 Å². The molecule has 0 aliphatic carbocycles. The van der Waals surface area contributed by atoms with E-state index in [1.807, 2.05) is 20.2 Å². The molecule has 94 valence electrons. The van der Waals surface area contributed by atoms with Gasteiger partial charge >= 0.3 is 5.97 Å². The Morgan fingerprint density at radius 2 is 2.47 bits per heavy atom. The van der Waals surface area contributed by atoms with Gasteiger partial charge in [0.25, 0.3) is 0 Å². The first kappa shape index (κ1) is 13.4. The molecule has 5 heteroatoms. The minimum atomic E-state index is -0.485. The number of carbonyl (C=O) groups is 1. The van der Waals surface area contributed by atoms with Crippen LogP contribution in [0.15, 0.2) is 18.9 Å². The van der Waals surface area contributed by atoms with Gasteiger partial charge in [-0.25, -0.2) is 4.79 Å². The lowest BCUT2D eigenvalue weighted by molar-refractivity contribution is -0.145. The smallest absolute Gasteiger partial charge is 0.327 e. The average molecular weight is 237 g/mol. The van der Waals surface area contributed by atoms with Crippen LogP contribution in [0.3, 0.4) is 0 Å². The number of aromatic nitrogens is 2. The van der Waals surface area contributed by atoms with Crippen LogP contribution in [0.5, 0.6) is 0 Å². The van der Waals surface area contributed by atoms with Crippen molar-refractivity contribution in [2.45, 2.75) is 19.9 Å². The fourth-order valence-electron chi connectivity index (χ4n) is 1.65. The number of hydrogen-bond acceptors (Lipinski definition) is 4. The van der Waals surface area contributed by atoms with Crippen LogP contribution in [-0.4, -0.2) is 28.9 Å². The molecule has 1 rings (SSSR count). The molecular weight excluding hydrogens is 218 g/mol. The molecule has 1 aromatic heterocycles. The van der Waals surface area contributed by atoms with Crippen molar-refractivity contribution in [2.75, 3.05) is 13.2 Å². The van der Waals surface area contributed by atoms with Crippen LogP contribution < -0.4 is 5.32 Å². The van der Waals surface area contributed by atoms with E-state index in [1.54, 1.807) is 17.7 Å². The summed E-state index contributed by atoms with van der Waals surface area (Å²) in [5, 5.41) is 7.30. The van der Waals surface area contributed by atoms with E-state index in [1.165, 1.54) is 0 Å². The molecule has 0 aliphatic rings.